The Morgan fingerprint density at radius 3 is 2.63 bits per heavy atom. The third-order valence-corrected chi connectivity index (χ3v) is 5.80. The highest BCUT2D eigenvalue weighted by Crippen LogP contribution is 2.30. The Morgan fingerprint density at radius 2 is 1.89 bits per heavy atom. The van der Waals surface area contributed by atoms with Gasteiger partial charge in [-0.15, -0.1) is 0 Å². The molecule has 4 aromatic rings. The monoisotopic (exact) mass is 464 g/mol. The number of carbonyl (C=O) groups excluding carboxylic acids is 1. The maximum atomic E-state index is 13.3. The van der Waals surface area contributed by atoms with Gasteiger partial charge in [-0.2, -0.15) is 0 Å². The lowest BCUT2D eigenvalue weighted by Gasteiger charge is -2.14. The summed E-state index contributed by atoms with van der Waals surface area (Å²) in [5.74, 6) is -0.223. The number of carbonyl (C=O) groups is 1. The molecule has 1 aliphatic rings. The van der Waals surface area contributed by atoms with Crippen LogP contribution in [0.25, 0.3) is 11.3 Å². The summed E-state index contributed by atoms with van der Waals surface area (Å²) in [5.41, 5.74) is 6.22. The molecule has 1 N–H and O–H groups in total. The van der Waals surface area contributed by atoms with Gasteiger partial charge in [0.05, 0.1) is 35.0 Å². The van der Waals surface area contributed by atoms with Crippen molar-refractivity contribution in [3.8, 4) is 11.3 Å². The van der Waals surface area contributed by atoms with Crippen LogP contribution in [0.1, 0.15) is 58.4 Å². The lowest BCUT2D eigenvalue weighted by molar-refractivity contribution is 0.0826. The summed E-state index contributed by atoms with van der Waals surface area (Å²) in [7, 11) is 0. The van der Waals surface area contributed by atoms with E-state index in [-0.39, 0.29) is 18.1 Å². The van der Waals surface area contributed by atoms with E-state index in [1.165, 1.54) is 0 Å². The van der Waals surface area contributed by atoms with Crippen molar-refractivity contribution in [1.29, 1.82) is 0 Å². The Kier molecular flexibility index (Phi) is 6.26. The van der Waals surface area contributed by atoms with Crippen molar-refractivity contribution in [1.82, 2.24) is 25.3 Å². The predicted molar refractivity (Wildman–Crippen MR) is 132 cm³/mol. The number of rotatable bonds is 6. The Labute approximate surface area is 203 Å². The summed E-state index contributed by atoms with van der Waals surface area (Å²) in [6.45, 7) is 3.86. The molecular weight excluding hydrogens is 440 g/mol. The summed E-state index contributed by atoms with van der Waals surface area (Å²) >= 11 is 0. The minimum Gasteiger partial charge on any atom is -0.385 e. The largest absolute Gasteiger partial charge is 0.385 e. The van der Waals surface area contributed by atoms with Gasteiger partial charge in [-0.1, -0.05) is 17.3 Å². The Hall–Kier alpha value is -4.46. The van der Waals surface area contributed by atoms with Crippen molar-refractivity contribution in [3.63, 3.8) is 0 Å². The maximum absolute atomic E-state index is 13.3. The van der Waals surface area contributed by atoms with Crippen molar-refractivity contribution in [2.75, 3.05) is 0 Å². The van der Waals surface area contributed by atoms with Gasteiger partial charge >= 0.3 is 0 Å². The molecule has 0 bridgehead atoms. The minimum atomic E-state index is -0.304. The summed E-state index contributed by atoms with van der Waals surface area (Å²) < 4.78 is 0. The van der Waals surface area contributed by atoms with E-state index in [1.54, 1.807) is 24.8 Å². The summed E-state index contributed by atoms with van der Waals surface area (Å²) in [6.07, 6.45) is 8.69. The molecule has 1 amide bonds. The average Bonchev–Trinajstić information content (AvgIpc) is 3.40. The molecule has 8 nitrogen and oxygen atoms in total. The van der Waals surface area contributed by atoms with E-state index in [1.807, 2.05) is 68.6 Å². The number of hydrogen-bond donors (Lipinski definition) is 1. The molecule has 0 saturated heterocycles. The summed E-state index contributed by atoms with van der Waals surface area (Å²) in [6, 6.07) is 15.0. The average molecular weight is 465 g/mol. The lowest BCUT2D eigenvalue weighted by Crippen LogP contribution is -2.27. The predicted octanol–water partition coefficient (Wildman–Crippen LogP) is 4.60. The zero-order valence-corrected chi connectivity index (χ0v) is 19.4. The van der Waals surface area contributed by atoms with Crippen LogP contribution in [0.3, 0.4) is 0 Å². The third kappa shape index (κ3) is 5.06. The molecule has 3 aromatic heterocycles. The quantitative estimate of drug-likeness (QED) is 0.447. The van der Waals surface area contributed by atoms with Gasteiger partial charge in [0.15, 0.2) is 6.10 Å². The van der Waals surface area contributed by atoms with Crippen LogP contribution in [0.15, 0.2) is 84.7 Å². The number of pyridine rings is 2. The number of benzene rings is 1. The molecule has 0 spiro atoms. The van der Waals surface area contributed by atoms with Crippen molar-refractivity contribution in [3.05, 3.63) is 108 Å². The Morgan fingerprint density at radius 1 is 1.00 bits per heavy atom. The van der Waals surface area contributed by atoms with Crippen LogP contribution in [-0.4, -0.2) is 31.6 Å². The molecule has 1 aliphatic heterocycles. The number of amides is 1. The van der Waals surface area contributed by atoms with E-state index in [4.69, 9.17) is 4.84 Å². The van der Waals surface area contributed by atoms with Gasteiger partial charge in [-0.05, 0) is 55.8 Å². The molecule has 1 aromatic carbocycles. The highest BCUT2D eigenvalue weighted by molar-refractivity contribution is 6.05. The molecule has 0 unspecified atom stereocenters. The molecule has 35 heavy (non-hydrogen) atoms. The van der Waals surface area contributed by atoms with Gasteiger partial charge in [-0.25, -0.2) is 0 Å². The van der Waals surface area contributed by atoms with Crippen LogP contribution in [0, 0.1) is 6.92 Å². The molecule has 0 radical (unpaired) electrons. The lowest BCUT2D eigenvalue weighted by atomic mass is 9.96. The van der Waals surface area contributed by atoms with E-state index in [2.05, 4.69) is 30.4 Å². The van der Waals surface area contributed by atoms with Crippen molar-refractivity contribution >= 4 is 11.6 Å². The molecule has 0 fully saturated rings. The molecular formula is C27H24N6O2. The van der Waals surface area contributed by atoms with Crippen molar-refractivity contribution < 1.29 is 9.63 Å². The van der Waals surface area contributed by atoms with Gasteiger partial charge in [0, 0.05) is 47.9 Å². The van der Waals surface area contributed by atoms with E-state index in [9.17, 15) is 4.79 Å². The van der Waals surface area contributed by atoms with E-state index < -0.39 is 0 Å². The van der Waals surface area contributed by atoms with Gasteiger partial charge in [-0.3, -0.25) is 24.7 Å². The third-order valence-electron chi connectivity index (χ3n) is 5.80. The highest BCUT2D eigenvalue weighted by atomic mass is 16.6. The first-order chi connectivity index (χ1) is 17.1. The molecule has 4 heterocycles. The standard InChI is InChI=1S/C27H24N6O2/c1-17-6-7-22(31-15-17)19-11-20(24-14-26(35-33-24)23-5-3-4-8-29-23)13-21(12-19)27(34)32-18(2)25-16-28-9-10-30-25/h3-13,15-16,18,26H,14H2,1-2H3,(H,32,34)/t18-,26+/m1/s1. The first-order valence-electron chi connectivity index (χ1n) is 11.4. The van der Waals surface area contributed by atoms with Crippen LogP contribution in [-0.2, 0) is 4.84 Å². The topological polar surface area (TPSA) is 102 Å². The van der Waals surface area contributed by atoms with Gasteiger partial charge in [0.1, 0.15) is 0 Å². The van der Waals surface area contributed by atoms with Gasteiger partial charge < -0.3 is 10.2 Å². The second kappa shape index (κ2) is 9.80. The molecule has 0 aliphatic carbocycles. The van der Waals surface area contributed by atoms with Crippen molar-refractivity contribution in [2.24, 2.45) is 5.16 Å². The number of oxime groups is 1. The fraction of sp³-hybridized carbons (Fsp3) is 0.185. The van der Waals surface area contributed by atoms with Crippen LogP contribution in [0.4, 0.5) is 0 Å². The maximum Gasteiger partial charge on any atom is 0.251 e. The Bertz CT molecular complexity index is 1360. The first kappa shape index (κ1) is 22.3. The molecule has 0 saturated carbocycles. The van der Waals surface area contributed by atoms with Gasteiger partial charge in [0.25, 0.3) is 5.91 Å². The van der Waals surface area contributed by atoms with Crippen LogP contribution >= 0.6 is 0 Å². The van der Waals surface area contributed by atoms with Gasteiger partial charge in [0.2, 0.25) is 0 Å². The number of aryl methyl sites for hydroxylation is 1. The molecule has 174 valence electrons. The molecule has 2 atom stereocenters. The minimum absolute atomic E-state index is 0.223. The van der Waals surface area contributed by atoms with E-state index in [0.29, 0.717) is 17.7 Å². The fourth-order valence-electron chi connectivity index (χ4n) is 3.87. The molecule has 8 heteroatoms. The van der Waals surface area contributed by atoms with Crippen LogP contribution < -0.4 is 5.32 Å². The number of nitrogens with one attached hydrogen (secondary N) is 1. The number of hydrogen-bond acceptors (Lipinski definition) is 7. The highest BCUT2D eigenvalue weighted by Gasteiger charge is 2.26. The van der Waals surface area contributed by atoms with Crippen molar-refractivity contribution in [2.45, 2.75) is 32.4 Å². The summed E-state index contributed by atoms with van der Waals surface area (Å²) in [4.78, 5) is 36.3. The van der Waals surface area contributed by atoms with E-state index >= 15 is 0 Å². The SMILES string of the molecule is Cc1ccc(-c2cc(C(=O)N[C@H](C)c3cnccn3)cc(C3=NO[C@H](c4ccccn4)C3)c2)nc1. The number of nitrogens with zero attached hydrogens (tertiary/aromatic N) is 5. The van der Waals surface area contributed by atoms with Crippen LogP contribution in [0.5, 0.6) is 0 Å². The number of aromatic nitrogens is 4. The van der Waals surface area contributed by atoms with Crippen LogP contribution in [0.2, 0.25) is 0 Å². The first-order valence-corrected chi connectivity index (χ1v) is 11.4. The van der Waals surface area contributed by atoms with E-state index in [0.717, 1.165) is 33.8 Å². The smallest absolute Gasteiger partial charge is 0.251 e. The second-order valence-electron chi connectivity index (χ2n) is 8.44. The zero-order valence-electron chi connectivity index (χ0n) is 19.4. The summed E-state index contributed by atoms with van der Waals surface area (Å²) in [5, 5.41) is 7.34. The fourth-order valence-corrected chi connectivity index (χ4v) is 3.87. The second-order valence-corrected chi connectivity index (χ2v) is 8.44. The zero-order chi connectivity index (χ0) is 24.2. The normalized spacial score (nSPS) is 15.7. The Balaban J connectivity index is 1.46. The molecule has 5 rings (SSSR count).